The minimum absolute atomic E-state index is 0.0141. The van der Waals surface area contributed by atoms with Gasteiger partial charge in [-0.25, -0.2) is 0 Å². The maximum Gasteiger partial charge on any atom is 0.263 e. The summed E-state index contributed by atoms with van der Waals surface area (Å²) < 4.78 is 4.29. The van der Waals surface area contributed by atoms with E-state index < -0.39 is 5.41 Å². The maximum absolute atomic E-state index is 14.6. The Balaban J connectivity index is 1.19. The van der Waals surface area contributed by atoms with Gasteiger partial charge in [-0.3, -0.25) is 14.0 Å². The summed E-state index contributed by atoms with van der Waals surface area (Å²) in [7, 11) is 2.15. The van der Waals surface area contributed by atoms with Gasteiger partial charge in [0.05, 0.1) is 22.0 Å². The van der Waals surface area contributed by atoms with Crippen molar-refractivity contribution in [2.24, 2.45) is 7.05 Å². The van der Waals surface area contributed by atoms with Gasteiger partial charge in [0, 0.05) is 56.0 Å². The molecule has 3 aromatic heterocycles. The number of hydrogen-bond acceptors (Lipinski definition) is 2. The Labute approximate surface area is 320 Å². The van der Waals surface area contributed by atoms with Gasteiger partial charge >= 0.3 is 0 Å². The molecule has 1 unspecified atom stereocenters. The molecule has 0 aliphatic heterocycles. The lowest BCUT2D eigenvalue weighted by Gasteiger charge is -2.30. The highest BCUT2D eigenvalue weighted by Crippen LogP contribution is 2.64. The molecule has 4 heteroatoms. The number of rotatable bonds is 2. The van der Waals surface area contributed by atoms with Crippen molar-refractivity contribution in [1.82, 2.24) is 8.97 Å². The normalized spacial score (nSPS) is 15.4. The van der Waals surface area contributed by atoms with Gasteiger partial charge in [0.15, 0.2) is 6.29 Å². The molecule has 0 fully saturated rings. The van der Waals surface area contributed by atoms with Crippen molar-refractivity contribution in [3.63, 3.8) is 0 Å². The van der Waals surface area contributed by atoms with Crippen molar-refractivity contribution in [2.75, 3.05) is 0 Å². The number of benzene rings is 8. The number of hydrogen-bond donors (Lipinski definition) is 0. The summed E-state index contributed by atoms with van der Waals surface area (Å²) in [5, 5.41) is 7.33. The van der Waals surface area contributed by atoms with Crippen molar-refractivity contribution >= 4 is 66.1 Å². The first kappa shape index (κ1) is 30.1. The molecule has 0 saturated heterocycles. The minimum Gasteiger partial charge on any atom is -0.343 e. The van der Waals surface area contributed by atoms with Crippen LogP contribution in [0.1, 0.15) is 32.6 Å². The number of aryl methyl sites for hydroxylation is 1. The number of carbonyl (C=O) groups excluding carboxylic acids is 1. The SMILES string of the molecule is Cn1c2cc3c(cc2c2cccc(-c4ccccc4C=O)c21)-c1ccccc1C31c2ccccc2-c2cc3c4cccc5c6ccccc6c(=O)n(c3cc21)c54. The first-order valence-corrected chi connectivity index (χ1v) is 19.2. The van der Waals surface area contributed by atoms with Crippen LogP contribution < -0.4 is 5.56 Å². The Morgan fingerprint density at radius 3 is 1.62 bits per heavy atom. The number of aldehydes is 1. The Bertz CT molecular complexity index is 3660. The zero-order chi connectivity index (χ0) is 37.0. The van der Waals surface area contributed by atoms with E-state index in [1.54, 1.807) is 0 Å². The smallest absolute Gasteiger partial charge is 0.263 e. The third kappa shape index (κ3) is 3.35. The van der Waals surface area contributed by atoms with Gasteiger partial charge in [0.1, 0.15) is 0 Å². The Morgan fingerprint density at radius 2 is 0.929 bits per heavy atom. The molecule has 1 spiro atoms. The number of pyridine rings is 1. The lowest BCUT2D eigenvalue weighted by molar-refractivity contribution is 0.112. The van der Waals surface area contributed by atoms with Gasteiger partial charge in [-0.15, -0.1) is 0 Å². The van der Waals surface area contributed by atoms with Crippen molar-refractivity contribution in [2.45, 2.75) is 5.41 Å². The molecule has 0 saturated carbocycles. The fourth-order valence-corrected chi connectivity index (χ4v) is 11.0. The van der Waals surface area contributed by atoms with E-state index in [9.17, 15) is 9.59 Å². The zero-order valence-electron chi connectivity index (χ0n) is 30.3. The third-order valence-electron chi connectivity index (χ3n) is 13.2. The molecule has 1 atom stereocenters. The summed E-state index contributed by atoms with van der Waals surface area (Å²) >= 11 is 0. The van der Waals surface area contributed by atoms with Crippen molar-refractivity contribution < 1.29 is 4.79 Å². The molecule has 3 heterocycles. The molecule has 8 aromatic carbocycles. The molecule has 2 aliphatic rings. The number of carbonyl (C=O) groups is 1. The van der Waals surface area contributed by atoms with Crippen LogP contribution in [0.5, 0.6) is 0 Å². The van der Waals surface area contributed by atoms with E-state index in [1.807, 2.05) is 46.9 Å². The fourth-order valence-electron chi connectivity index (χ4n) is 11.0. The molecule has 13 rings (SSSR count). The van der Waals surface area contributed by atoms with Crippen LogP contribution in [0.2, 0.25) is 0 Å². The first-order chi connectivity index (χ1) is 27.6. The van der Waals surface area contributed by atoms with Crippen LogP contribution in [0.15, 0.2) is 163 Å². The molecule has 0 N–H and O–H groups in total. The molecule has 11 aromatic rings. The lowest BCUT2D eigenvalue weighted by Crippen LogP contribution is -2.26. The van der Waals surface area contributed by atoms with Crippen LogP contribution in [0.25, 0.3) is 93.2 Å². The summed E-state index contributed by atoms with van der Waals surface area (Å²) in [6.07, 6.45) is 0.952. The van der Waals surface area contributed by atoms with E-state index >= 15 is 0 Å². The topological polar surface area (TPSA) is 43.5 Å². The van der Waals surface area contributed by atoms with Crippen LogP contribution >= 0.6 is 0 Å². The zero-order valence-corrected chi connectivity index (χ0v) is 30.3. The van der Waals surface area contributed by atoms with Crippen molar-refractivity contribution in [3.8, 4) is 33.4 Å². The summed E-state index contributed by atoms with van der Waals surface area (Å²) in [4.78, 5) is 26.8. The van der Waals surface area contributed by atoms with Crippen LogP contribution in [-0.4, -0.2) is 15.3 Å². The summed E-state index contributed by atoms with van der Waals surface area (Å²) in [5.41, 5.74) is 16.0. The molecule has 4 nitrogen and oxygen atoms in total. The molecule has 0 amide bonds. The molecule has 260 valence electrons. The highest BCUT2D eigenvalue weighted by Gasteiger charge is 2.52. The highest BCUT2D eigenvalue weighted by atomic mass is 16.1. The van der Waals surface area contributed by atoms with Gasteiger partial charge in [0.25, 0.3) is 5.56 Å². The van der Waals surface area contributed by atoms with E-state index in [4.69, 9.17) is 0 Å². The third-order valence-corrected chi connectivity index (χ3v) is 13.2. The second-order valence-corrected chi connectivity index (χ2v) is 15.5. The monoisotopic (exact) mass is 714 g/mol. The fraction of sp³-hybridized carbons (Fsp3) is 0.0385. The number of nitrogens with zero attached hydrogens (tertiary/aromatic N) is 2. The van der Waals surface area contributed by atoms with E-state index in [1.165, 1.54) is 49.9 Å². The predicted molar refractivity (Wildman–Crippen MR) is 228 cm³/mol. The number of fused-ring (bicyclic) bond motifs is 18. The van der Waals surface area contributed by atoms with E-state index in [2.05, 4.69) is 127 Å². The molecule has 0 radical (unpaired) electrons. The largest absolute Gasteiger partial charge is 0.343 e. The minimum atomic E-state index is -0.612. The van der Waals surface area contributed by atoms with Gasteiger partial charge < -0.3 is 4.57 Å². The molecule has 0 bridgehead atoms. The first-order valence-electron chi connectivity index (χ1n) is 19.2. The quantitative estimate of drug-likeness (QED) is 0.132. The van der Waals surface area contributed by atoms with E-state index in [-0.39, 0.29) is 5.56 Å². The summed E-state index contributed by atoms with van der Waals surface area (Å²) in [6, 6.07) is 56.0. The molecule has 2 aliphatic carbocycles. The van der Waals surface area contributed by atoms with Gasteiger partial charge in [-0.05, 0) is 85.8 Å². The van der Waals surface area contributed by atoms with Gasteiger partial charge in [0.2, 0.25) is 0 Å². The average molecular weight is 715 g/mol. The lowest BCUT2D eigenvalue weighted by atomic mass is 9.70. The number of aromatic nitrogens is 2. The Kier molecular flexibility index (Phi) is 5.51. The standard InChI is InChI=1S/C52H30N2O2/c1-53-47-26-45-39(24-41(47)36-20-10-18-34(49(36)53)30-13-3-2-12-29(30)28-55)32-15-6-8-22-43(32)52(45)44-23-9-7-16-33(44)40-25-42-37-21-11-19-35-31-14-4-5-17-38(31)51(56)54(50(35)37)48(42)27-46(40)52/h2-28H,1H3. The van der Waals surface area contributed by atoms with Gasteiger partial charge in [-0.2, -0.15) is 0 Å². The highest BCUT2D eigenvalue weighted by molar-refractivity contribution is 6.21. The molecular weight excluding hydrogens is 685 g/mol. The van der Waals surface area contributed by atoms with E-state index in [0.717, 1.165) is 71.8 Å². The molecular formula is C52H30N2O2. The maximum atomic E-state index is 14.6. The Morgan fingerprint density at radius 1 is 0.429 bits per heavy atom. The molecule has 56 heavy (non-hydrogen) atoms. The second kappa shape index (κ2) is 10.3. The van der Waals surface area contributed by atoms with E-state index in [0.29, 0.717) is 5.56 Å². The van der Waals surface area contributed by atoms with Crippen molar-refractivity contribution in [3.05, 3.63) is 196 Å². The van der Waals surface area contributed by atoms with Crippen LogP contribution in [0.3, 0.4) is 0 Å². The van der Waals surface area contributed by atoms with Gasteiger partial charge in [-0.1, -0.05) is 127 Å². The van der Waals surface area contributed by atoms with Crippen LogP contribution in [-0.2, 0) is 12.5 Å². The Hall–Kier alpha value is -7.30. The average Bonchev–Trinajstić information content (AvgIpc) is 3.93. The van der Waals surface area contributed by atoms with Crippen molar-refractivity contribution in [1.29, 1.82) is 0 Å². The predicted octanol–water partition coefficient (Wildman–Crippen LogP) is 11.7. The summed E-state index contributed by atoms with van der Waals surface area (Å²) in [5.74, 6) is 0. The van der Waals surface area contributed by atoms with Crippen LogP contribution in [0.4, 0.5) is 0 Å². The summed E-state index contributed by atoms with van der Waals surface area (Å²) in [6.45, 7) is 0. The number of para-hydroxylation sites is 2. The van der Waals surface area contributed by atoms with Crippen LogP contribution in [0, 0.1) is 0 Å². The second-order valence-electron chi connectivity index (χ2n) is 15.5.